The lowest BCUT2D eigenvalue weighted by molar-refractivity contribution is -0.393. The number of anilines is 1. The Morgan fingerprint density at radius 2 is 1.15 bits per heavy atom. The highest BCUT2D eigenvalue weighted by Gasteiger charge is 2.44. The Hall–Kier alpha value is -13.2. The quantitative estimate of drug-likeness (QED) is 0.00609. The maximum absolute atomic E-state index is 14.9. The van der Waals surface area contributed by atoms with Crippen molar-refractivity contribution in [3.8, 4) is 5.75 Å². The molecule has 3 saturated heterocycles. The average Bonchev–Trinajstić information content (AvgIpc) is 1.12. The van der Waals surface area contributed by atoms with Crippen LogP contribution in [0.3, 0.4) is 0 Å². The molecule has 15 amide bonds. The van der Waals surface area contributed by atoms with Gasteiger partial charge in [-0.25, -0.2) is 9.59 Å². The minimum absolute atomic E-state index is 0.00252. The number of hydrogen-bond donors (Lipinski definition) is 22. The largest absolute Gasteiger partial charge is 0.497 e. The number of unbranched alkanes of at least 4 members (excludes halogenated alkanes) is 4. The van der Waals surface area contributed by atoms with Crippen molar-refractivity contribution >= 4 is 141 Å². The number of likely N-dealkylation sites (tertiary alicyclic amines) is 1. The Bertz CT molecular complexity index is 4600. The van der Waals surface area contributed by atoms with Gasteiger partial charge in [-0.05, 0) is 145 Å². The monoisotopic (exact) mass is 1840 g/mol. The number of nitrogens with one attached hydrogen (secondary N) is 18. The van der Waals surface area contributed by atoms with Gasteiger partial charge in [-0.1, -0.05) is 40.5 Å². The first-order valence-electron chi connectivity index (χ1n) is 43.4. The molecule has 130 heavy (non-hydrogen) atoms. The predicted octanol–water partition coefficient (Wildman–Crippen LogP) is -1.06. The van der Waals surface area contributed by atoms with Gasteiger partial charge >= 0.3 is 17.6 Å². The van der Waals surface area contributed by atoms with E-state index in [0.29, 0.717) is 73.9 Å². The highest BCUT2D eigenvalue weighted by Crippen LogP contribution is 2.34. The molecule has 1 aromatic heterocycles. The number of benzene rings is 2. The Balaban J connectivity index is 1.11. The smallest absolute Gasteiger partial charge is 0.336 e. The molecule has 3 aromatic rings. The minimum Gasteiger partial charge on any atom is -0.497 e. The van der Waals surface area contributed by atoms with E-state index in [9.17, 15) is 102 Å². The molecule has 0 bridgehead atoms. The minimum atomic E-state index is -1.87. The summed E-state index contributed by atoms with van der Waals surface area (Å²) in [5, 5.41) is 91.3. The van der Waals surface area contributed by atoms with Gasteiger partial charge in [0.15, 0.2) is 11.9 Å². The number of guanidine groups is 2. The normalized spacial score (nSPS) is 16.7. The summed E-state index contributed by atoms with van der Waals surface area (Å²) < 4.78 is 10.7. The maximum atomic E-state index is 14.9. The number of urea groups is 1. The average molecular weight is 1850 g/mol. The standard InChI is InChI=1S/C82H124N24O23S/c1-44(2)35-56(100-78(121)60-20-16-34-104(60)79(122)55(95-66(109)37-47-38-69(113)129-62-40-49(128-6)25-26-50(47)62)17-11-13-31-89-64(107)22-8-7-12-30-88-65(108)23-10-9-21-63-70-59(43-130-63)102-82(123)103-70)73(116)93-42-67(110)96-57(36-45(3)4)76(119)101-58(41-92-51-27-24-48(105(124)125)39-61(51)106(126)127)77(120)94-46(5)72(115)98-53(19-15-33-91-81(86)87)74(117)99-54(28-29-68(111)112)75(118)97-52(71(83)114)18-14-32-90-80(84)85/h24-27,38-40,44-46,52-60,63,70,92H,7-23,28-37,41-43H2,1-6H3,(H2,83,114)(H,88,108)(H,89,107)(H,93,116)(H,94,120)(H,95,109)(H,96,110)(H,97,118)(H,98,115)(H,99,117)(H,100,121)(H,101,119)(H,111,112)(H4,84,85,90)(H4,86,87,91)(H2,102,103,123)/t46-,52+,53+,54-,55-,56-,57-,58+,59?,60+,63-,70?/m0/s1. The number of nitrogens with two attached hydrogens (primary N) is 3. The molecule has 6 rings (SSSR count). The highest BCUT2D eigenvalue weighted by molar-refractivity contribution is 8.00. The van der Waals surface area contributed by atoms with Crippen LogP contribution in [0.15, 0.2) is 51.7 Å². The van der Waals surface area contributed by atoms with Crippen molar-refractivity contribution in [2.24, 2.45) is 29.0 Å². The number of non-ortho nitro benzene ring substituents is 1. The van der Waals surface area contributed by atoms with E-state index < -0.39 is 196 Å². The van der Waals surface area contributed by atoms with Gasteiger partial charge in [0.2, 0.25) is 76.8 Å². The molecule has 2 aromatic carbocycles. The van der Waals surface area contributed by atoms with Crippen molar-refractivity contribution in [3.05, 3.63) is 78.7 Å². The van der Waals surface area contributed by atoms with Gasteiger partial charge < -0.3 is 121 Å². The molecular formula is C82H124N24O23S. The van der Waals surface area contributed by atoms with Gasteiger partial charge in [-0.2, -0.15) is 11.8 Å². The van der Waals surface area contributed by atoms with E-state index in [-0.39, 0.29) is 143 Å². The zero-order valence-corrected chi connectivity index (χ0v) is 74.6. The second-order valence-corrected chi connectivity index (χ2v) is 34.1. The van der Waals surface area contributed by atoms with Crippen molar-refractivity contribution in [1.82, 2.24) is 84.7 Å². The number of thioether (sulfide) groups is 1. The van der Waals surface area contributed by atoms with E-state index >= 15 is 0 Å². The molecule has 3 fully saturated rings. The summed E-state index contributed by atoms with van der Waals surface area (Å²) in [6.07, 6.45) is 4.21. The number of methoxy groups -OCH3 is 1. The maximum Gasteiger partial charge on any atom is 0.336 e. The second-order valence-electron chi connectivity index (χ2n) is 32.8. The zero-order valence-electron chi connectivity index (χ0n) is 73.7. The summed E-state index contributed by atoms with van der Waals surface area (Å²) in [6.45, 7) is 7.19. The van der Waals surface area contributed by atoms with Crippen LogP contribution in [0.25, 0.3) is 11.0 Å². The van der Waals surface area contributed by atoms with Crippen molar-refractivity contribution < 1.29 is 96.0 Å². The van der Waals surface area contributed by atoms with E-state index in [0.717, 1.165) is 50.1 Å². The summed E-state index contributed by atoms with van der Waals surface area (Å²) in [5.74, 6) is -12.3. The third-order valence-electron chi connectivity index (χ3n) is 21.5. The Morgan fingerprint density at radius 3 is 1.77 bits per heavy atom. The summed E-state index contributed by atoms with van der Waals surface area (Å²) >= 11 is 1.83. The van der Waals surface area contributed by atoms with Crippen LogP contribution in [-0.4, -0.2) is 251 Å². The van der Waals surface area contributed by atoms with Gasteiger partial charge in [0.05, 0.1) is 48.1 Å². The van der Waals surface area contributed by atoms with Gasteiger partial charge in [0.25, 0.3) is 11.4 Å². The first kappa shape index (κ1) is 106. The summed E-state index contributed by atoms with van der Waals surface area (Å²) in [7, 11) is 1.43. The number of carboxylic acid groups (broad SMARTS) is 1. The molecule has 716 valence electrons. The summed E-state index contributed by atoms with van der Waals surface area (Å²) in [6, 6.07) is -4.98. The molecule has 0 saturated carbocycles. The number of nitrogens with zero attached hydrogens (tertiary/aromatic N) is 3. The van der Waals surface area contributed by atoms with Crippen LogP contribution in [0.4, 0.5) is 21.9 Å². The summed E-state index contributed by atoms with van der Waals surface area (Å²) in [5.41, 5.74) is 14.1. The van der Waals surface area contributed by atoms with E-state index in [1.54, 1.807) is 39.8 Å². The number of carbonyl (C=O) groups excluding carboxylic acids is 14. The van der Waals surface area contributed by atoms with Crippen LogP contribution in [0, 0.1) is 42.9 Å². The number of fused-ring (bicyclic) bond motifs is 2. The van der Waals surface area contributed by atoms with Crippen LogP contribution in [0.2, 0.25) is 0 Å². The third kappa shape index (κ3) is 36.1. The molecule has 25 N–H and O–H groups in total. The van der Waals surface area contributed by atoms with Crippen molar-refractivity contribution in [3.63, 3.8) is 0 Å². The number of hydrogen-bond acceptors (Lipinski definition) is 26. The number of primary amides is 1. The van der Waals surface area contributed by atoms with Crippen LogP contribution >= 0.6 is 11.8 Å². The molecule has 12 atom stereocenters. The number of ether oxygens (including phenoxy) is 1. The first-order chi connectivity index (χ1) is 61.7. The van der Waals surface area contributed by atoms with Crippen LogP contribution in [0.1, 0.15) is 175 Å². The molecule has 3 aliphatic heterocycles. The number of rotatable bonds is 58. The highest BCUT2D eigenvalue weighted by atomic mass is 32.2. The van der Waals surface area contributed by atoms with Gasteiger partial charge in [0.1, 0.15) is 71.4 Å². The molecule has 0 radical (unpaired) electrons. The zero-order chi connectivity index (χ0) is 95.8. The molecule has 0 spiro atoms. The lowest BCUT2D eigenvalue weighted by Crippen LogP contribution is -2.60. The van der Waals surface area contributed by atoms with Crippen molar-refractivity contribution in [1.29, 1.82) is 10.8 Å². The van der Waals surface area contributed by atoms with Crippen LogP contribution < -0.4 is 113 Å². The van der Waals surface area contributed by atoms with Gasteiger partial charge in [0, 0.05) is 93.1 Å². The predicted molar refractivity (Wildman–Crippen MR) is 475 cm³/mol. The van der Waals surface area contributed by atoms with Gasteiger partial charge in [-0.3, -0.25) is 98.2 Å². The van der Waals surface area contributed by atoms with Crippen molar-refractivity contribution in [2.75, 3.05) is 64.0 Å². The molecule has 0 aliphatic carbocycles. The fourth-order valence-corrected chi connectivity index (χ4v) is 16.4. The lowest BCUT2D eigenvalue weighted by atomic mass is 10.0. The molecule has 2 unspecified atom stereocenters. The molecule has 3 aliphatic rings. The summed E-state index contributed by atoms with van der Waals surface area (Å²) in [4.78, 5) is 241. The van der Waals surface area contributed by atoms with E-state index in [1.807, 2.05) is 11.8 Å². The van der Waals surface area contributed by atoms with Crippen molar-refractivity contribution in [2.45, 2.75) is 248 Å². The van der Waals surface area contributed by atoms with Crippen LogP contribution in [0.5, 0.6) is 5.75 Å². The third-order valence-corrected chi connectivity index (χ3v) is 23.0. The fraction of sp³-hybridized carbons (Fsp3) is 0.610. The number of nitro benzene ring substituents is 2. The first-order valence-corrected chi connectivity index (χ1v) is 44.4. The van der Waals surface area contributed by atoms with E-state index in [1.165, 1.54) is 18.1 Å². The lowest BCUT2D eigenvalue weighted by Gasteiger charge is -2.30. The number of amides is 15. The number of carbonyl (C=O) groups is 15. The topological polar surface area (TPSA) is 723 Å². The van der Waals surface area contributed by atoms with Crippen LogP contribution in [-0.2, 0) is 73.5 Å². The molecule has 4 heterocycles. The SMILES string of the molecule is COc1ccc2c(CC(=O)N[C@@H](CCCCNC(=O)CCCCCNC(=O)CCCC[C@@H]3SCC4NC(=O)NC43)C(=O)N3CCC[C@@H]3C(=O)N[C@@H](CC(C)C)C(=O)NCC(=O)N[C@@H](CC(C)C)C(=O)N[C@H](CNc3ccc([N+](=O)[O-])cc3[N+](=O)[O-])C(=O)N[C@@H](C)C(=O)N[C@H](CCCNC(=N)N)C(=O)N[C@@H](CCC(=O)O)C(=O)N[C@H](CCCNC(=N)N)C(N)=O)cc(=O)oc2c1. The van der Waals surface area contributed by atoms with Gasteiger partial charge in [-0.15, -0.1) is 0 Å². The molecular weight excluding hydrogens is 1720 g/mol. The number of aliphatic carboxylic acids is 1. The van der Waals surface area contributed by atoms with E-state index in [2.05, 4.69) is 85.1 Å². The Kier molecular flexibility index (Phi) is 43.5. The second kappa shape index (κ2) is 53.6. The molecule has 48 heteroatoms. The number of nitro groups is 2. The molecule has 47 nitrogen and oxygen atoms in total. The fourth-order valence-electron chi connectivity index (χ4n) is 14.8. The Labute approximate surface area is 753 Å². The van der Waals surface area contributed by atoms with E-state index in [4.69, 9.17) is 37.2 Å². The number of carboxylic acids is 1. The Morgan fingerprint density at radius 1 is 0.585 bits per heavy atom.